The lowest BCUT2D eigenvalue weighted by Gasteiger charge is -2.10. The number of hydrogen-bond acceptors (Lipinski definition) is 7. The van der Waals surface area contributed by atoms with Crippen molar-refractivity contribution >= 4 is 39.6 Å². The van der Waals surface area contributed by atoms with Gasteiger partial charge in [-0.25, -0.2) is 14.6 Å². The minimum atomic E-state index is -0.264. The van der Waals surface area contributed by atoms with E-state index >= 15 is 0 Å². The highest BCUT2D eigenvalue weighted by Gasteiger charge is 2.20. The molecule has 0 radical (unpaired) electrons. The molecule has 0 fully saturated rings. The van der Waals surface area contributed by atoms with Crippen molar-refractivity contribution in [2.75, 3.05) is 0 Å². The first-order chi connectivity index (χ1) is 21.3. The van der Waals surface area contributed by atoms with Crippen LogP contribution in [0.2, 0.25) is 5.02 Å². The second-order valence-corrected chi connectivity index (χ2v) is 11.2. The van der Waals surface area contributed by atoms with Gasteiger partial charge in [0.1, 0.15) is 5.69 Å². The first-order valence-electron chi connectivity index (χ1n) is 14.1. The van der Waals surface area contributed by atoms with Crippen molar-refractivity contribution in [1.29, 1.82) is 0 Å². The zero-order chi connectivity index (χ0) is 30.4. The fraction of sp³-hybridized carbons (Fsp3) is 0.152. The van der Waals surface area contributed by atoms with Crippen molar-refractivity contribution in [3.8, 4) is 16.9 Å². The highest BCUT2D eigenvalue weighted by atomic mass is 35.5. The molecule has 7 rings (SSSR count). The predicted octanol–water partition coefficient (Wildman–Crippen LogP) is 6.38. The van der Waals surface area contributed by atoms with E-state index in [1.165, 1.54) is 11.1 Å². The second-order valence-electron chi connectivity index (χ2n) is 10.8. The molecular formula is C33H27ClN8O2. The van der Waals surface area contributed by atoms with Gasteiger partial charge in [-0.3, -0.25) is 4.79 Å². The Labute approximate surface area is 257 Å². The van der Waals surface area contributed by atoms with E-state index in [1.54, 1.807) is 23.7 Å². The van der Waals surface area contributed by atoms with Crippen LogP contribution in [0.5, 0.6) is 0 Å². The standard InChI is InChI=1S/C33H27ClN8O2/c1-19-12-29-30(13-20(19)2)41(18-36-29)16-23-17-42(40-38-23)24-10-8-22(9-11-24)15-35-32(43)26-14-28(25-6-4-5-7-27(25)34)37-33-31(26)21(3)39-44-33/h4-14,17-18H,15-16H2,1-3H3,(H,35,43). The number of aryl methyl sites for hydroxylation is 3. The molecule has 1 amide bonds. The molecule has 0 saturated heterocycles. The van der Waals surface area contributed by atoms with E-state index in [4.69, 9.17) is 16.1 Å². The van der Waals surface area contributed by atoms with E-state index in [0.29, 0.717) is 46.0 Å². The number of fused-ring (bicyclic) bond motifs is 2. The van der Waals surface area contributed by atoms with Gasteiger partial charge in [0.2, 0.25) is 0 Å². The predicted molar refractivity (Wildman–Crippen MR) is 168 cm³/mol. The Hall–Kier alpha value is -5.35. The molecule has 7 aromatic rings. The van der Waals surface area contributed by atoms with Crippen LogP contribution in [0.3, 0.4) is 0 Å². The maximum absolute atomic E-state index is 13.4. The van der Waals surface area contributed by atoms with Crippen molar-refractivity contribution in [2.45, 2.75) is 33.9 Å². The summed E-state index contributed by atoms with van der Waals surface area (Å²) in [5.74, 6) is -0.264. The molecular weight excluding hydrogens is 576 g/mol. The summed E-state index contributed by atoms with van der Waals surface area (Å²) in [6, 6.07) is 21.1. The van der Waals surface area contributed by atoms with Crippen LogP contribution in [0, 0.1) is 20.8 Å². The quantitative estimate of drug-likeness (QED) is 0.225. The number of pyridine rings is 1. The number of nitrogens with zero attached hydrogens (tertiary/aromatic N) is 7. The van der Waals surface area contributed by atoms with Gasteiger partial charge in [-0.2, -0.15) is 0 Å². The lowest BCUT2D eigenvalue weighted by molar-refractivity contribution is 0.0952. The van der Waals surface area contributed by atoms with Crippen LogP contribution in [0.4, 0.5) is 0 Å². The largest absolute Gasteiger partial charge is 0.348 e. The molecule has 44 heavy (non-hydrogen) atoms. The van der Waals surface area contributed by atoms with Crippen molar-refractivity contribution in [3.05, 3.63) is 118 Å². The molecule has 0 aliphatic carbocycles. The summed E-state index contributed by atoms with van der Waals surface area (Å²) in [5, 5.41) is 16.8. The molecule has 10 nitrogen and oxygen atoms in total. The fourth-order valence-electron chi connectivity index (χ4n) is 5.24. The van der Waals surface area contributed by atoms with Gasteiger partial charge in [-0.1, -0.05) is 52.3 Å². The highest BCUT2D eigenvalue weighted by Crippen LogP contribution is 2.31. The van der Waals surface area contributed by atoms with Crippen LogP contribution in [-0.2, 0) is 13.1 Å². The SMILES string of the molecule is Cc1cc2ncn(Cc3cn(-c4ccc(CNC(=O)c5cc(-c6ccccc6Cl)nc6onc(C)c56)cc4)nn3)c2cc1C. The maximum atomic E-state index is 13.4. The van der Waals surface area contributed by atoms with E-state index in [1.807, 2.05) is 55.0 Å². The van der Waals surface area contributed by atoms with Crippen LogP contribution in [0.25, 0.3) is 39.1 Å². The third-order valence-electron chi connectivity index (χ3n) is 7.78. The maximum Gasteiger partial charge on any atom is 0.259 e. The highest BCUT2D eigenvalue weighted by molar-refractivity contribution is 6.33. The summed E-state index contributed by atoms with van der Waals surface area (Å²) >= 11 is 6.41. The molecule has 0 atom stereocenters. The van der Waals surface area contributed by atoms with Crippen LogP contribution >= 0.6 is 11.6 Å². The molecule has 11 heteroatoms. The molecule has 0 unspecified atom stereocenters. The van der Waals surface area contributed by atoms with Crippen molar-refractivity contribution in [1.82, 2.24) is 40.0 Å². The van der Waals surface area contributed by atoms with Gasteiger partial charge in [0.15, 0.2) is 0 Å². The Balaban J connectivity index is 1.06. The number of amides is 1. The van der Waals surface area contributed by atoms with Crippen LogP contribution in [0.1, 0.15) is 38.4 Å². The summed E-state index contributed by atoms with van der Waals surface area (Å²) in [6.45, 7) is 6.87. The molecule has 0 spiro atoms. The lowest BCUT2D eigenvalue weighted by atomic mass is 10.0. The van der Waals surface area contributed by atoms with Gasteiger partial charge >= 0.3 is 0 Å². The van der Waals surface area contributed by atoms with Crippen molar-refractivity contribution in [2.24, 2.45) is 0 Å². The van der Waals surface area contributed by atoms with E-state index in [9.17, 15) is 4.79 Å². The Morgan fingerprint density at radius 3 is 2.61 bits per heavy atom. The van der Waals surface area contributed by atoms with Gasteiger partial charge in [0, 0.05) is 17.1 Å². The molecule has 0 aliphatic rings. The fourth-order valence-corrected chi connectivity index (χ4v) is 5.47. The third-order valence-corrected chi connectivity index (χ3v) is 8.10. The van der Waals surface area contributed by atoms with Crippen LogP contribution in [0.15, 0.2) is 83.8 Å². The normalized spacial score (nSPS) is 11.5. The second kappa shape index (κ2) is 11.1. The molecule has 1 N–H and O–H groups in total. The Bertz CT molecular complexity index is 2180. The van der Waals surface area contributed by atoms with Crippen LogP contribution < -0.4 is 5.32 Å². The number of carbonyl (C=O) groups is 1. The molecule has 3 aromatic carbocycles. The molecule has 4 aromatic heterocycles. The average Bonchev–Trinajstić information content (AvgIpc) is 3.76. The number of nitrogens with one attached hydrogen (secondary N) is 1. The zero-order valence-electron chi connectivity index (χ0n) is 24.2. The van der Waals surface area contributed by atoms with Gasteiger partial charge in [-0.05, 0) is 73.9 Å². The van der Waals surface area contributed by atoms with Gasteiger partial charge in [0.05, 0.1) is 58.1 Å². The number of halogens is 1. The Kier molecular flexibility index (Phi) is 6.90. The molecule has 0 saturated carbocycles. The van der Waals surface area contributed by atoms with E-state index in [0.717, 1.165) is 28.0 Å². The van der Waals surface area contributed by atoms with Gasteiger partial charge in [-0.15, -0.1) is 5.10 Å². The third kappa shape index (κ3) is 5.09. The molecule has 4 heterocycles. The summed E-state index contributed by atoms with van der Waals surface area (Å²) in [4.78, 5) is 22.5. The van der Waals surface area contributed by atoms with E-state index in [-0.39, 0.29) is 11.6 Å². The average molecular weight is 603 g/mol. The van der Waals surface area contributed by atoms with Gasteiger partial charge in [0.25, 0.3) is 11.6 Å². The van der Waals surface area contributed by atoms with Crippen molar-refractivity contribution in [3.63, 3.8) is 0 Å². The first-order valence-corrected chi connectivity index (χ1v) is 14.4. The minimum absolute atomic E-state index is 0.264. The first kappa shape index (κ1) is 27.5. The Morgan fingerprint density at radius 1 is 1.00 bits per heavy atom. The number of benzene rings is 3. The van der Waals surface area contributed by atoms with E-state index < -0.39 is 0 Å². The zero-order valence-corrected chi connectivity index (χ0v) is 25.0. The van der Waals surface area contributed by atoms with E-state index in [2.05, 4.69) is 61.3 Å². The lowest BCUT2D eigenvalue weighted by Crippen LogP contribution is -2.23. The topological polar surface area (TPSA) is 117 Å². The monoisotopic (exact) mass is 602 g/mol. The minimum Gasteiger partial charge on any atom is -0.348 e. The number of hydrogen-bond donors (Lipinski definition) is 1. The number of aromatic nitrogens is 7. The summed E-state index contributed by atoms with van der Waals surface area (Å²) in [7, 11) is 0. The van der Waals surface area contributed by atoms with Crippen LogP contribution in [-0.4, -0.2) is 40.6 Å². The molecule has 218 valence electrons. The smallest absolute Gasteiger partial charge is 0.259 e. The summed E-state index contributed by atoms with van der Waals surface area (Å²) in [5.41, 5.74) is 9.63. The molecule has 0 aliphatic heterocycles. The number of carbonyl (C=O) groups excluding carboxylic acids is 1. The summed E-state index contributed by atoms with van der Waals surface area (Å²) in [6.07, 6.45) is 3.75. The molecule has 0 bridgehead atoms. The Morgan fingerprint density at radius 2 is 1.80 bits per heavy atom. The van der Waals surface area contributed by atoms with Gasteiger partial charge < -0.3 is 14.4 Å². The van der Waals surface area contributed by atoms with Crippen molar-refractivity contribution < 1.29 is 9.32 Å². The number of imidazole rings is 1. The number of rotatable bonds is 7. The summed E-state index contributed by atoms with van der Waals surface area (Å²) < 4.78 is 9.24.